The number of aryl methyl sites for hydroxylation is 1. The summed E-state index contributed by atoms with van der Waals surface area (Å²) in [7, 11) is 1.63. The van der Waals surface area contributed by atoms with Gasteiger partial charge in [0.2, 0.25) is 5.95 Å². The van der Waals surface area contributed by atoms with E-state index in [2.05, 4.69) is 10.4 Å². The number of rotatable bonds is 4. The topological polar surface area (TPSA) is 64.2 Å². The Kier molecular flexibility index (Phi) is 5.06. The van der Waals surface area contributed by atoms with E-state index in [-0.39, 0.29) is 11.7 Å². The Morgan fingerprint density at radius 2 is 1.48 bits per heavy atom. The van der Waals surface area contributed by atoms with Crippen LogP contribution in [-0.4, -0.2) is 25.2 Å². The van der Waals surface area contributed by atoms with Crippen molar-refractivity contribution in [2.24, 2.45) is 7.05 Å². The van der Waals surface area contributed by atoms with Gasteiger partial charge in [-0.25, -0.2) is 18.9 Å². The lowest BCUT2D eigenvalue weighted by molar-refractivity contribution is 0.730. The number of fused-ring (bicyclic) bond motifs is 1. The largest absolute Gasteiger partial charge is 0.353 e. The molecule has 0 radical (unpaired) electrons. The third kappa shape index (κ3) is 3.61. The molecule has 2 aromatic carbocycles. The van der Waals surface area contributed by atoms with Gasteiger partial charge in [0.1, 0.15) is 0 Å². The molecule has 0 unspecified atom stereocenters. The fourth-order valence-corrected chi connectivity index (χ4v) is 3.44. The summed E-state index contributed by atoms with van der Waals surface area (Å²) in [5.74, 6) is 0.441. The predicted molar refractivity (Wildman–Crippen MR) is 118 cm³/mol. The first-order valence-corrected chi connectivity index (χ1v) is 9.89. The molecule has 0 amide bonds. The summed E-state index contributed by atoms with van der Waals surface area (Å²) >= 11 is 12.2. The molecular weight excluding hydrogens is 409 g/mol. The predicted octanol–water partition coefficient (Wildman–Crippen LogP) is 4.89. The van der Waals surface area contributed by atoms with Crippen molar-refractivity contribution in [1.82, 2.24) is 19.2 Å². The van der Waals surface area contributed by atoms with E-state index in [4.69, 9.17) is 28.2 Å². The molecule has 0 atom stereocenters. The van der Waals surface area contributed by atoms with Gasteiger partial charge in [0, 0.05) is 28.7 Å². The third-order valence-electron chi connectivity index (χ3n) is 4.48. The highest BCUT2D eigenvalue weighted by Gasteiger charge is 2.22. The average Bonchev–Trinajstić information content (AvgIpc) is 2.97. The zero-order valence-corrected chi connectivity index (χ0v) is 17.7. The molecule has 0 aliphatic carbocycles. The summed E-state index contributed by atoms with van der Waals surface area (Å²) in [6.07, 6.45) is 0. The van der Waals surface area contributed by atoms with Crippen molar-refractivity contribution >= 4 is 34.8 Å². The quantitative estimate of drug-likeness (QED) is 0.503. The Morgan fingerprint density at radius 1 is 0.931 bits per heavy atom. The first-order chi connectivity index (χ1) is 13.8. The van der Waals surface area contributed by atoms with Gasteiger partial charge >= 0.3 is 5.69 Å². The summed E-state index contributed by atoms with van der Waals surface area (Å²) in [5.41, 5.74) is 3.42. The van der Waals surface area contributed by atoms with Gasteiger partial charge in [-0.2, -0.15) is 0 Å². The van der Waals surface area contributed by atoms with Crippen LogP contribution in [0, 0.1) is 0 Å². The number of nitrogens with zero attached hydrogens (tertiary/aromatic N) is 4. The van der Waals surface area contributed by atoms with Crippen LogP contribution in [0.1, 0.15) is 13.8 Å². The maximum Gasteiger partial charge on any atom is 0.352 e. The minimum atomic E-state index is -0.270. The first-order valence-electron chi connectivity index (χ1n) is 9.13. The molecule has 0 spiro atoms. The summed E-state index contributed by atoms with van der Waals surface area (Å²) in [4.78, 5) is 17.6. The molecular formula is C21H19Cl2N5O. The van der Waals surface area contributed by atoms with Crippen LogP contribution in [0.3, 0.4) is 0 Å². The third-order valence-corrected chi connectivity index (χ3v) is 4.99. The van der Waals surface area contributed by atoms with Gasteiger partial charge in [0.15, 0.2) is 5.65 Å². The molecule has 6 nitrogen and oxygen atoms in total. The molecule has 0 saturated carbocycles. The Balaban J connectivity index is 2.13. The highest BCUT2D eigenvalue weighted by atomic mass is 35.5. The molecule has 8 heteroatoms. The van der Waals surface area contributed by atoms with Gasteiger partial charge in [-0.05, 0) is 43.7 Å². The maximum absolute atomic E-state index is 12.8. The van der Waals surface area contributed by atoms with Gasteiger partial charge in [-0.3, -0.25) is 0 Å². The smallest absolute Gasteiger partial charge is 0.352 e. The van der Waals surface area contributed by atoms with Gasteiger partial charge in [-0.1, -0.05) is 47.5 Å². The minimum Gasteiger partial charge on any atom is -0.353 e. The lowest BCUT2D eigenvalue weighted by atomic mass is 10.00. The van der Waals surface area contributed by atoms with Crippen LogP contribution in [0.5, 0.6) is 0 Å². The van der Waals surface area contributed by atoms with Crippen LogP contribution in [0.4, 0.5) is 5.95 Å². The Bertz CT molecular complexity index is 1240. The van der Waals surface area contributed by atoms with Crippen LogP contribution in [-0.2, 0) is 7.05 Å². The number of aromatic nitrogens is 4. The molecule has 0 fully saturated rings. The Hall–Kier alpha value is -2.83. The van der Waals surface area contributed by atoms with E-state index in [9.17, 15) is 4.79 Å². The van der Waals surface area contributed by atoms with Crippen LogP contribution in [0.25, 0.3) is 28.0 Å². The van der Waals surface area contributed by atoms with Crippen molar-refractivity contribution in [2.45, 2.75) is 19.9 Å². The number of hydrogen-bond donors (Lipinski definition) is 1. The SMILES string of the molecule is CC(C)Nc1nc(-c2ccc(Cl)cc2)c(-c2ccc(Cl)cc2)c2nn(C)c(=O)n12. The normalized spacial score (nSPS) is 11.4. The number of benzene rings is 2. The summed E-state index contributed by atoms with van der Waals surface area (Å²) in [6.45, 7) is 3.98. The van der Waals surface area contributed by atoms with Gasteiger partial charge in [-0.15, -0.1) is 5.10 Å². The zero-order valence-electron chi connectivity index (χ0n) is 16.1. The molecule has 148 valence electrons. The van der Waals surface area contributed by atoms with E-state index in [1.165, 1.54) is 9.08 Å². The van der Waals surface area contributed by atoms with Crippen LogP contribution in [0.2, 0.25) is 10.0 Å². The molecule has 2 heterocycles. The lowest BCUT2D eigenvalue weighted by Gasteiger charge is -2.16. The van der Waals surface area contributed by atoms with Gasteiger partial charge in [0.05, 0.1) is 11.3 Å². The first kappa shape index (κ1) is 19.5. The molecule has 1 N–H and O–H groups in total. The van der Waals surface area contributed by atoms with Crippen LogP contribution < -0.4 is 11.0 Å². The summed E-state index contributed by atoms with van der Waals surface area (Å²) in [5, 5.41) is 9.04. The number of halogens is 2. The van der Waals surface area contributed by atoms with Gasteiger partial charge < -0.3 is 5.32 Å². The number of nitrogens with one attached hydrogen (secondary N) is 1. The molecule has 2 aromatic heterocycles. The average molecular weight is 428 g/mol. The highest BCUT2D eigenvalue weighted by molar-refractivity contribution is 6.31. The lowest BCUT2D eigenvalue weighted by Crippen LogP contribution is -2.23. The highest BCUT2D eigenvalue weighted by Crippen LogP contribution is 2.35. The van der Waals surface area contributed by atoms with Gasteiger partial charge in [0.25, 0.3) is 0 Å². The molecule has 0 aliphatic heterocycles. The van der Waals surface area contributed by atoms with Crippen molar-refractivity contribution in [3.05, 3.63) is 69.1 Å². The molecule has 4 aromatic rings. The number of hydrogen-bond acceptors (Lipinski definition) is 4. The molecule has 4 rings (SSSR count). The monoisotopic (exact) mass is 427 g/mol. The second-order valence-corrected chi connectivity index (χ2v) is 7.91. The van der Waals surface area contributed by atoms with Crippen molar-refractivity contribution < 1.29 is 0 Å². The van der Waals surface area contributed by atoms with E-state index in [1.54, 1.807) is 19.2 Å². The second-order valence-electron chi connectivity index (χ2n) is 7.04. The molecule has 0 saturated heterocycles. The van der Waals surface area contributed by atoms with Crippen LogP contribution >= 0.6 is 23.2 Å². The number of anilines is 1. The van der Waals surface area contributed by atoms with Crippen molar-refractivity contribution in [3.63, 3.8) is 0 Å². The molecule has 0 aliphatic rings. The van der Waals surface area contributed by atoms with Crippen molar-refractivity contribution in [2.75, 3.05) is 5.32 Å². The maximum atomic E-state index is 12.8. The molecule has 0 bridgehead atoms. The summed E-state index contributed by atoms with van der Waals surface area (Å²) in [6, 6.07) is 14.9. The Morgan fingerprint density at radius 3 is 2.03 bits per heavy atom. The minimum absolute atomic E-state index is 0.0808. The Labute approximate surface area is 177 Å². The van der Waals surface area contributed by atoms with Crippen LogP contribution in [0.15, 0.2) is 53.3 Å². The van der Waals surface area contributed by atoms with E-state index in [0.717, 1.165) is 16.7 Å². The van der Waals surface area contributed by atoms with E-state index in [0.29, 0.717) is 27.3 Å². The zero-order chi connectivity index (χ0) is 20.7. The standard InChI is InChI=1S/C21H19Cl2N5O/c1-12(2)24-20-25-18(14-6-10-16(23)11-7-14)17(13-4-8-15(22)9-5-13)19-26-27(3)21(29)28(19)20/h4-12H,1-3H3,(H,24,25). The van der Waals surface area contributed by atoms with E-state index >= 15 is 0 Å². The second kappa shape index (κ2) is 7.54. The fourth-order valence-electron chi connectivity index (χ4n) is 3.19. The fraction of sp³-hybridized carbons (Fsp3) is 0.190. The van der Waals surface area contributed by atoms with Crippen molar-refractivity contribution in [3.8, 4) is 22.4 Å². The van der Waals surface area contributed by atoms with Crippen molar-refractivity contribution in [1.29, 1.82) is 0 Å². The summed E-state index contributed by atoms with van der Waals surface area (Å²) < 4.78 is 2.82. The molecule has 29 heavy (non-hydrogen) atoms. The van der Waals surface area contributed by atoms with E-state index < -0.39 is 0 Å². The van der Waals surface area contributed by atoms with E-state index in [1.807, 2.05) is 50.2 Å².